The predicted octanol–water partition coefficient (Wildman–Crippen LogP) is 3.00. The molecule has 1 aliphatic rings. The summed E-state index contributed by atoms with van der Waals surface area (Å²) in [4.78, 5) is 0. The molecule has 1 atom stereocenters. The van der Waals surface area contributed by atoms with E-state index in [9.17, 15) is 0 Å². The van der Waals surface area contributed by atoms with Crippen LogP contribution in [0.15, 0.2) is 28.7 Å². The van der Waals surface area contributed by atoms with E-state index in [1.807, 2.05) is 24.3 Å². The minimum Gasteiger partial charge on any atom is -0.492 e. The number of benzene rings is 1. The second-order valence-corrected chi connectivity index (χ2v) is 4.47. The Bertz CT molecular complexity index is 285. The van der Waals surface area contributed by atoms with Crippen LogP contribution in [0.2, 0.25) is 0 Å². The zero-order valence-electron chi connectivity index (χ0n) is 8.41. The first-order valence-electron chi connectivity index (χ1n) is 4.96. The van der Waals surface area contributed by atoms with Crippen LogP contribution in [-0.4, -0.2) is 19.2 Å². The monoisotopic (exact) mass is 291 g/mol. The van der Waals surface area contributed by atoms with Gasteiger partial charge in [0.1, 0.15) is 12.4 Å². The van der Waals surface area contributed by atoms with Crippen molar-refractivity contribution in [1.29, 1.82) is 0 Å². The molecule has 0 radical (unpaired) electrons. The van der Waals surface area contributed by atoms with Crippen molar-refractivity contribution in [2.24, 2.45) is 0 Å². The van der Waals surface area contributed by atoms with E-state index in [1.54, 1.807) is 0 Å². The van der Waals surface area contributed by atoms with Crippen LogP contribution in [0.5, 0.6) is 5.75 Å². The molecule has 4 heteroatoms. The smallest absolute Gasteiger partial charge is 0.119 e. The van der Waals surface area contributed by atoms with Crippen molar-refractivity contribution in [3.63, 3.8) is 0 Å². The standard InChI is InChI=1S/C11H14BrNO.ClH/c12-9-3-5-11(6-4-9)14-8-10-2-1-7-13-10;/h3-6,10,13H,1-2,7-8H2;1H/t10-;/m0./s1. The van der Waals surface area contributed by atoms with Crippen molar-refractivity contribution in [3.8, 4) is 5.75 Å². The molecule has 0 spiro atoms. The molecule has 2 rings (SSSR count). The van der Waals surface area contributed by atoms with Gasteiger partial charge in [0.05, 0.1) is 0 Å². The van der Waals surface area contributed by atoms with E-state index in [1.165, 1.54) is 12.8 Å². The van der Waals surface area contributed by atoms with Crippen molar-refractivity contribution in [1.82, 2.24) is 5.32 Å². The van der Waals surface area contributed by atoms with Crippen molar-refractivity contribution in [2.45, 2.75) is 18.9 Å². The molecule has 0 aromatic heterocycles. The number of nitrogens with one attached hydrogen (secondary N) is 1. The molecule has 1 N–H and O–H groups in total. The molecular formula is C11H15BrClNO. The molecule has 1 saturated heterocycles. The van der Waals surface area contributed by atoms with Gasteiger partial charge in [-0.25, -0.2) is 0 Å². The van der Waals surface area contributed by atoms with Gasteiger partial charge in [0, 0.05) is 10.5 Å². The van der Waals surface area contributed by atoms with Gasteiger partial charge >= 0.3 is 0 Å². The Morgan fingerprint density at radius 2 is 2.07 bits per heavy atom. The lowest BCUT2D eigenvalue weighted by molar-refractivity contribution is 0.277. The summed E-state index contributed by atoms with van der Waals surface area (Å²) in [5.74, 6) is 0.946. The molecule has 1 aromatic carbocycles. The Labute approximate surface area is 105 Å². The SMILES string of the molecule is Brc1ccc(OC[C@@H]2CCCN2)cc1.Cl. The molecule has 1 fully saturated rings. The summed E-state index contributed by atoms with van der Waals surface area (Å²) in [6.07, 6.45) is 2.50. The average molecular weight is 293 g/mol. The van der Waals surface area contributed by atoms with Crippen LogP contribution < -0.4 is 10.1 Å². The third-order valence-corrected chi connectivity index (χ3v) is 2.96. The molecule has 15 heavy (non-hydrogen) atoms. The second kappa shape index (κ2) is 6.36. The molecule has 0 bridgehead atoms. The van der Waals surface area contributed by atoms with E-state index >= 15 is 0 Å². The third-order valence-electron chi connectivity index (χ3n) is 2.43. The van der Waals surface area contributed by atoms with E-state index < -0.39 is 0 Å². The highest BCUT2D eigenvalue weighted by molar-refractivity contribution is 9.10. The third kappa shape index (κ3) is 4.01. The maximum atomic E-state index is 5.66. The zero-order valence-corrected chi connectivity index (χ0v) is 10.8. The van der Waals surface area contributed by atoms with E-state index in [2.05, 4.69) is 21.2 Å². The summed E-state index contributed by atoms with van der Waals surface area (Å²) in [6, 6.07) is 8.51. The highest BCUT2D eigenvalue weighted by Crippen LogP contribution is 2.17. The molecule has 0 amide bonds. The van der Waals surface area contributed by atoms with E-state index in [-0.39, 0.29) is 12.4 Å². The minimum absolute atomic E-state index is 0. The highest BCUT2D eigenvalue weighted by atomic mass is 79.9. The predicted molar refractivity (Wildman–Crippen MR) is 67.9 cm³/mol. The summed E-state index contributed by atoms with van der Waals surface area (Å²) < 4.78 is 6.75. The lowest BCUT2D eigenvalue weighted by Gasteiger charge is -2.11. The van der Waals surface area contributed by atoms with Crippen LogP contribution in [0.3, 0.4) is 0 Å². The van der Waals surface area contributed by atoms with Gasteiger partial charge in [-0.3, -0.25) is 0 Å². The molecule has 1 aromatic rings. The van der Waals surface area contributed by atoms with E-state index in [4.69, 9.17) is 4.74 Å². The van der Waals surface area contributed by atoms with Gasteiger partial charge in [-0.1, -0.05) is 15.9 Å². The molecule has 1 aliphatic heterocycles. The van der Waals surface area contributed by atoms with Crippen LogP contribution in [0.1, 0.15) is 12.8 Å². The fraction of sp³-hybridized carbons (Fsp3) is 0.455. The maximum Gasteiger partial charge on any atom is 0.119 e. The first-order valence-corrected chi connectivity index (χ1v) is 5.75. The quantitative estimate of drug-likeness (QED) is 0.925. The fourth-order valence-electron chi connectivity index (χ4n) is 1.63. The Morgan fingerprint density at radius 1 is 1.33 bits per heavy atom. The van der Waals surface area contributed by atoms with Gasteiger partial charge in [-0.15, -0.1) is 12.4 Å². The van der Waals surface area contributed by atoms with Gasteiger partial charge < -0.3 is 10.1 Å². The molecular weight excluding hydrogens is 277 g/mol. The largest absolute Gasteiger partial charge is 0.492 e. The minimum atomic E-state index is 0. The van der Waals surface area contributed by atoms with Gasteiger partial charge in [-0.2, -0.15) is 0 Å². The maximum absolute atomic E-state index is 5.66. The number of halogens is 2. The highest BCUT2D eigenvalue weighted by Gasteiger charge is 2.13. The Morgan fingerprint density at radius 3 is 2.67 bits per heavy atom. The molecule has 0 saturated carbocycles. The lowest BCUT2D eigenvalue weighted by Crippen LogP contribution is -2.28. The first-order chi connectivity index (χ1) is 6.84. The van der Waals surface area contributed by atoms with Crippen molar-refractivity contribution in [2.75, 3.05) is 13.2 Å². The molecule has 1 heterocycles. The first kappa shape index (κ1) is 12.8. The number of hydrogen-bond donors (Lipinski definition) is 1. The summed E-state index contributed by atoms with van der Waals surface area (Å²) >= 11 is 3.39. The van der Waals surface area contributed by atoms with E-state index in [0.29, 0.717) is 6.04 Å². The normalized spacial score (nSPS) is 19.7. The number of rotatable bonds is 3. The summed E-state index contributed by atoms with van der Waals surface area (Å²) in [5.41, 5.74) is 0. The van der Waals surface area contributed by atoms with Crippen LogP contribution in [0, 0.1) is 0 Å². The molecule has 2 nitrogen and oxygen atoms in total. The van der Waals surface area contributed by atoms with Crippen LogP contribution in [0.4, 0.5) is 0 Å². The Balaban J connectivity index is 0.00000112. The average Bonchev–Trinajstić information content (AvgIpc) is 2.70. The zero-order chi connectivity index (χ0) is 9.80. The summed E-state index contributed by atoms with van der Waals surface area (Å²) in [5, 5.41) is 3.40. The summed E-state index contributed by atoms with van der Waals surface area (Å²) in [7, 11) is 0. The van der Waals surface area contributed by atoms with Crippen LogP contribution in [-0.2, 0) is 0 Å². The Hall–Kier alpha value is -0.250. The molecule has 0 aliphatic carbocycles. The van der Waals surface area contributed by atoms with Gasteiger partial charge in [0.15, 0.2) is 0 Å². The van der Waals surface area contributed by atoms with Crippen molar-refractivity contribution in [3.05, 3.63) is 28.7 Å². The number of ether oxygens (including phenoxy) is 1. The number of hydrogen-bond acceptors (Lipinski definition) is 2. The topological polar surface area (TPSA) is 21.3 Å². The fourth-order valence-corrected chi connectivity index (χ4v) is 1.89. The molecule has 84 valence electrons. The van der Waals surface area contributed by atoms with Crippen LogP contribution >= 0.6 is 28.3 Å². The van der Waals surface area contributed by atoms with Crippen molar-refractivity contribution >= 4 is 28.3 Å². The second-order valence-electron chi connectivity index (χ2n) is 3.56. The lowest BCUT2D eigenvalue weighted by atomic mass is 10.2. The summed E-state index contributed by atoms with van der Waals surface area (Å²) in [6.45, 7) is 1.91. The molecule has 0 unspecified atom stereocenters. The van der Waals surface area contributed by atoms with Gasteiger partial charge in [0.2, 0.25) is 0 Å². The van der Waals surface area contributed by atoms with Crippen LogP contribution in [0.25, 0.3) is 0 Å². The van der Waals surface area contributed by atoms with Crippen molar-refractivity contribution < 1.29 is 4.74 Å². The van der Waals surface area contributed by atoms with Gasteiger partial charge in [0.25, 0.3) is 0 Å². The van der Waals surface area contributed by atoms with Gasteiger partial charge in [-0.05, 0) is 43.7 Å². The van der Waals surface area contributed by atoms with E-state index in [0.717, 1.165) is 23.4 Å². The Kier molecular flexibility index (Phi) is 5.43.